The Labute approximate surface area is 160 Å². The number of rotatable bonds is 7. The molecule has 2 aromatic rings. The second-order valence-corrected chi connectivity index (χ2v) is 8.26. The number of fused-ring (bicyclic) bond motifs is 1. The summed E-state index contributed by atoms with van der Waals surface area (Å²) in [5.41, 5.74) is 2.71. The molecule has 0 radical (unpaired) electrons. The summed E-state index contributed by atoms with van der Waals surface area (Å²) in [7, 11) is 0. The van der Waals surface area contributed by atoms with E-state index in [2.05, 4.69) is 54.6 Å². The smallest absolute Gasteiger partial charge is 0.257 e. The van der Waals surface area contributed by atoms with Crippen LogP contribution >= 0.6 is 11.3 Å². The van der Waals surface area contributed by atoms with E-state index in [4.69, 9.17) is 4.74 Å². The SMILES string of the molecule is CC(C)c1ccc(OCC(=O)NCC(C)N2CCc3sccc3C2)cc1. The quantitative estimate of drug-likeness (QED) is 0.803. The highest BCUT2D eigenvalue weighted by Crippen LogP contribution is 2.25. The van der Waals surface area contributed by atoms with Crippen LogP contribution in [0.3, 0.4) is 0 Å². The van der Waals surface area contributed by atoms with E-state index in [1.54, 1.807) is 0 Å². The average molecular weight is 373 g/mol. The fraction of sp³-hybridized carbons (Fsp3) is 0.476. The monoisotopic (exact) mass is 372 g/mol. The molecule has 1 N–H and O–H groups in total. The van der Waals surface area contributed by atoms with E-state index in [0.717, 1.165) is 25.3 Å². The van der Waals surface area contributed by atoms with Gasteiger partial charge in [-0.25, -0.2) is 0 Å². The van der Waals surface area contributed by atoms with Crippen molar-refractivity contribution in [2.75, 3.05) is 19.7 Å². The molecule has 1 aliphatic rings. The van der Waals surface area contributed by atoms with Crippen molar-refractivity contribution in [1.29, 1.82) is 0 Å². The molecule has 1 unspecified atom stereocenters. The van der Waals surface area contributed by atoms with Crippen LogP contribution in [-0.2, 0) is 17.8 Å². The third-order valence-corrected chi connectivity index (χ3v) is 5.99. The van der Waals surface area contributed by atoms with Gasteiger partial charge in [0.05, 0.1) is 0 Å². The third kappa shape index (κ3) is 4.86. The number of hydrogen-bond acceptors (Lipinski definition) is 4. The highest BCUT2D eigenvalue weighted by molar-refractivity contribution is 7.10. The number of benzene rings is 1. The highest BCUT2D eigenvalue weighted by atomic mass is 32.1. The summed E-state index contributed by atoms with van der Waals surface area (Å²) in [5, 5.41) is 5.17. The second kappa shape index (κ2) is 8.69. The normalized spacial score (nSPS) is 15.5. The molecule has 0 saturated heterocycles. The number of nitrogens with zero attached hydrogens (tertiary/aromatic N) is 1. The first-order valence-electron chi connectivity index (χ1n) is 9.31. The van der Waals surface area contributed by atoms with E-state index in [-0.39, 0.29) is 12.5 Å². The second-order valence-electron chi connectivity index (χ2n) is 7.26. The van der Waals surface area contributed by atoms with Gasteiger partial charge in [-0.1, -0.05) is 26.0 Å². The van der Waals surface area contributed by atoms with E-state index in [9.17, 15) is 4.79 Å². The standard InChI is InChI=1S/C21H28N2O2S/c1-15(2)17-4-6-19(7-5-17)25-14-21(24)22-12-16(3)23-10-8-20-18(13-23)9-11-26-20/h4-7,9,11,15-16H,8,10,12-14H2,1-3H3,(H,22,24). The number of amides is 1. The van der Waals surface area contributed by atoms with E-state index in [1.165, 1.54) is 16.0 Å². The molecule has 1 atom stereocenters. The zero-order valence-electron chi connectivity index (χ0n) is 15.8. The van der Waals surface area contributed by atoms with Gasteiger partial charge >= 0.3 is 0 Å². The van der Waals surface area contributed by atoms with Crippen LogP contribution in [0.15, 0.2) is 35.7 Å². The number of thiophene rings is 1. The van der Waals surface area contributed by atoms with Crippen molar-refractivity contribution < 1.29 is 9.53 Å². The summed E-state index contributed by atoms with van der Waals surface area (Å²) in [6, 6.07) is 10.5. The minimum absolute atomic E-state index is 0.0580. The zero-order valence-corrected chi connectivity index (χ0v) is 16.6. The van der Waals surface area contributed by atoms with Crippen LogP contribution in [0.4, 0.5) is 0 Å². The molecule has 1 aliphatic heterocycles. The average Bonchev–Trinajstić information content (AvgIpc) is 3.12. The van der Waals surface area contributed by atoms with Crippen LogP contribution < -0.4 is 10.1 Å². The van der Waals surface area contributed by atoms with Crippen LogP contribution in [0.5, 0.6) is 5.75 Å². The highest BCUT2D eigenvalue weighted by Gasteiger charge is 2.21. The summed E-state index contributed by atoms with van der Waals surface area (Å²) >= 11 is 1.85. The van der Waals surface area contributed by atoms with E-state index in [1.807, 2.05) is 23.5 Å². The van der Waals surface area contributed by atoms with Gasteiger partial charge in [0.1, 0.15) is 5.75 Å². The Kier molecular flexibility index (Phi) is 6.33. The molecule has 0 aliphatic carbocycles. The fourth-order valence-corrected chi connectivity index (χ4v) is 4.08. The van der Waals surface area contributed by atoms with Gasteiger partial charge in [-0.3, -0.25) is 9.69 Å². The Hall–Kier alpha value is -1.85. The zero-order chi connectivity index (χ0) is 18.5. The molecule has 1 amide bonds. The van der Waals surface area contributed by atoms with E-state index in [0.29, 0.717) is 18.5 Å². The van der Waals surface area contributed by atoms with Crippen molar-refractivity contribution in [3.05, 3.63) is 51.7 Å². The molecule has 0 fully saturated rings. The van der Waals surface area contributed by atoms with Crippen molar-refractivity contribution in [3.63, 3.8) is 0 Å². The van der Waals surface area contributed by atoms with Gasteiger partial charge in [-0.2, -0.15) is 0 Å². The van der Waals surface area contributed by atoms with Gasteiger partial charge < -0.3 is 10.1 Å². The Bertz CT molecular complexity index is 724. The molecular formula is C21H28N2O2S. The lowest BCUT2D eigenvalue weighted by atomic mass is 10.0. The number of carbonyl (C=O) groups is 1. The molecule has 4 nitrogen and oxygen atoms in total. The molecule has 140 valence electrons. The lowest BCUT2D eigenvalue weighted by Gasteiger charge is -2.32. The Morgan fingerprint density at radius 3 is 2.73 bits per heavy atom. The van der Waals surface area contributed by atoms with Crippen LogP contribution in [0.2, 0.25) is 0 Å². The first-order chi connectivity index (χ1) is 12.5. The van der Waals surface area contributed by atoms with E-state index >= 15 is 0 Å². The van der Waals surface area contributed by atoms with Crippen molar-refractivity contribution >= 4 is 17.2 Å². The molecule has 1 aromatic carbocycles. The predicted molar refractivity (Wildman–Crippen MR) is 107 cm³/mol. The molecule has 0 spiro atoms. The minimum Gasteiger partial charge on any atom is -0.484 e. The van der Waals surface area contributed by atoms with Crippen LogP contribution in [0.25, 0.3) is 0 Å². The van der Waals surface area contributed by atoms with Gasteiger partial charge in [-0.05, 0) is 54.0 Å². The van der Waals surface area contributed by atoms with Gasteiger partial charge in [0.25, 0.3) is 5.91 Å². The van der Waals surface area contributed by atoms with Gasteiger partial charge in [-0.15, -0.1) is 11.3 Å². The lowest BCUT2D eigenvalue weighted by molar-refractivity contribution is -0.123. The summed E-state index contributed by atoms with van der Waals surface area (Å²) in [5.74, 6) is 1.16. The maximum atomic E-state index is 12.1. The van der Waals surface area contributed by atoms with Crippen LogP contribution in [-0.4, -0.2) is 36.5 Å². The summed E-state index contributed by atoms with van der Waals surface area (Å²) in [6.45, 7) is 9.23. The summed E-state index contributed by atoms with van der Waals surface area (Å²) < 4.78 is 5.59. The van der Waals surface area contributed by atoms with Crippen molar-refractivity contribution in [3.8, 4) is 5.75 Å². The fourth-order valence-electron chi connectivity index (χ4n) is 3.19. The Balaban J connectivity index is 1.40. The Morgan fingerprint density at radius 2 is 2.00 bits per heavy atom. The van der Waals surface area contributed by atoms with Crippen molar-refractivity contribution in [1.82, 2.24) is 10.2 Å². The van der Waals surface area contributed by atoms with Gasteiger partial charge in [0.15, 0.2) is 6.61 Å². The molecular weight excluding hydrogens is 344 g/mol. The molecule has 1 aromatic heterocycles. The molecule has 0 bridgehead atoms. The summed E-state index contributed by atoms with van der Waals surface area (Å²) in [6.07, 6.45) is 1.11. The maximum absolute atomic E-state index is 12.1. The topological polar surface area (TPSA) is 41.6 Å². The first-order valence-corrected chi connectivity index (χ1v) is 10.2. The van der Waals surface area contributed by atoms with Crippen LogP contribution in [0.1, 0.15) is 42.7 Å². The summed E-state index contributed by atoms with van der Waals surface area (Å²) in [4.78, 5) is 16.0. The third-order valence-electron chi connectivity index (χ3n) is 4.97. The van der Waals surface area contributed by atoms with Crippen molar-refractivity contribution in [2.45, 2.75) is 45.7 Å². The van der Waals surface area contributed by atoms with Gasteiger partial charge in [0, 0.05) is 30.6 Å². The van der Waals surface area contributed by atoms with E-state index < -0.39 is 0 Å². The number of carbonyl (C=O) groups excluding carboxylic acids is 1. The molecule has 2 heterocycles. The van der Waals surface area contributed by atoms with Crippen LogP contribution in [0, 0.1) is 0 Å². The number of ether oxygens (including phenoxy) is 1. The molecule has 3 rings (SSSR count). The predicted octanol–water partition coefficient (Wildman–Crippen LogP) is 3.81. The maximum Gasteiger partial charge on any atom is 0.257 e. The first kappa shape index (κ1) is 18.9. The lowest BCUT2D eigenvalue weighted by Crippen LogP contribution is -2.45. The largest absolute Gasteiger partial charge is 0.484 e. The number of hydrogen-bond donors (Lipinski definition) is 1. The minimum atomic E-state index is -0.0713. The number of nitrogens with one attached hydrogen (secondary N) is 1. The van der Waals surface area contributed by atoms with Gasteiger partial charge in [0.2, 0.25) is 0 Å². The van der Waals surface area contributed by atoms with Crippen molar-refractivity contribution in [2.24, 2.45) is 0 Å². The molecule has 5 heteroatoms. The molecule has 0 saturated carbocycles. The molecule has 26 heavy (non-hydrogen) atoms. The Morgan fingerprint density at radius 1 is 1.23 bits per heavy atom.